The van der Waals surface area contributed by atoms with E-state index in [1.54, 1.807) is 28.8 Å². The van der Waals surface area contributed by atoms with Crippen molar-refractivity contribution in [2.24, 2.45) is 5.92 Å². The number of unbranched alkanes of at least 4 members (excludes halogenated alkanes) is 1. The largest absolute Gasteiger partial charge is 0.508 e. The van der Waals surface area contributed by atoms with Gasteiger partial charge in [0.05, 0.1) is 11.6 Å². The molecule has 1 fully saturated rings. The van der Waals surface area contributed by atoms with Crippen LogP contribution in [0.3, 0.4) is 0 Å². The van der Waals surface area contributed by atoms with Crippen molar-refractivity contribution in [2.75, 3.05) is 26.2 Å². The highest BCUT2D eigenvalue weighted by atomic mass is 16.5. The molecule has 4 rings (SSSR count). The second kappa shape index (κ2) is 14.0. The van der Waals surface area contributed by atoms with Gasteiger partial charge in [-0.05, 0) is 61.3 Å². The summed E-state index contributed by atoms with van der Waals surface area (Å²) in [6, 6.07) is 16.9. The van der Waals surface area contributed by atoms with Gasteiger partial charge in [-0.15, -0.1) is 0 Å². The molecule has 3 atom stereocenters. The maximum absolute atomic E-state index is 13.2. The molecule has 3 aromatic rings. The van der Waals surface area contributed by atoms with Gasteiger partial charge in [0.25, 0.3) is 5.56 Å². The van der Waals surface area contributed by atoms with Gasteiger partial charge in [0.1, 0.15) is 12.4 Å². The molecule has 0 bridgehead atoms. The number of phenolic OH excluding ortho intramolecular Hbond substituents is 1. The SMILES string of the molecule is C[C@H](NC(=O)OCc1ccccc1)[C@@H]1C[C@@H](C(=O)NCCCCO)N(CCn2c(=O)ccc3ccc(O)cc32)C1. The van der Waals surface area contributed by atoms with Crippen LogP contribution in [-0.2, 0) is 22.7 Å². The molecule has 0 radical (unpaired) electrons. The Morgan fingerprint density at radius 1 is 1.07 bits per heavy atom. The molecule has 0 unspecified atom stereocenters. The van der Waals surface area contributed by atoms with Crippen LogP contribution in [-0.4, -0.2) is 70.0 Å². The van der Waals surface area contributed by atoms with Crippen LogP contribution in [0.15, 0.2) is 65.5 Å². The summed E-state index contributed by atoms with van der Waals surface area (Å²) in [7, 11) is 0. The number of hydrogen-bond donors (Lipinski definition) is 4. The summed E-state index contributed by atoms with van der Waals surface area (Å²) >= 11 is 0. The molecule has 2 heterocycles. The quantitative estimate of drug-likeness (QED) is 0.255. The lowest BCUT2D eigenvalue weighted by Gasteiger charge is -2.24. The number of rotatable bonds is 12. The molecule has 1 aliphatic rings. The Morgan fingerprint density at radius 3 is 2.62 bits per heavy atom. The van der Waals surface area contributed by atoms with Crippen LogP contribution in [0, 0.1) is 5.92 Å². The van der Waals surface area contributed by atoms with Crippen LogP contribution in [0.25, 0.3) is 10.9 Å². The lowest BCUT2D eigenvalue weighted by atomic mass is 9.98. The number of ether oxygens (including phenoxy) is 1. The number of aromatic hydroxyl groups is 1. The van der Waals surface area contributed by atoms with Crippen molar-refractivity contribution < 1.29 is 24.5 Å². The van der Waals surface area contributed by atoms with Gasteiger partial charge in [-0.3, -0.25) is 14.5 Å². The molecule has 1 saturated heterocycles. The molecular weight excluding hydrogens is 512 g/mol. The first-order valence-corrected chi connectivity index (χ1v) is 13.8. The van der Waals surface area contributed by atoms with E-state index in [9.17, 15) is 19.5 Å². The maximum atomic E-state index is 13.2. The molecule has 0 aliphatic carbocycles. The minimum Gasteiger partial charge on any atom is -0.508 e. The number of likely N-dealkylation sites (tertiary alicyclic amines) is 1. The van der Waals surface area contributed by atoms with Gasteiger partial charge in [0.2, 0.25) is 5.91 Å². The maximum Gasteiger partial charge on any atom is 0.407 e. The standard InChI is InChI=1S/C30H38N4O6/c1-21(32-30(39)40-20-22-7-3-2-4-8-22)24-17-27(29(38)31-13-5-6-16-35)33(19-24)14-15-34-26-18-25(36)11-9-23(26)10-12-28(34)37/h2-4,7-12,18,21,24,27,35-36H,5-6,13-17,19-20H2,1H3,(H,31,38)(H,32,39)/t21-,24+,27-/m0/s1. The van der Waals surface area contributed by atoms with E-state index >= 15 is 0 Å². The van der Waals surface area contributed by atoms with Crippen molar-refractivity contribution in [1.82, 2.24) is 20.1 Å². The molecule has 10 nitrogen and oxygen atoms in total. The van der Waals surface area contributed by atoms with Crippen LogP contribution in [0.1, 0.15) is 31.7 Å². The zero-order valence-electron chi connectivity index (χ0n) is 22.8. The highest BCUT2D eigenvalue weighted by Gasteiger charge is 2.39. The number of nitrogens with one attached hydrogen (secondary N) is 2. The van der Waals surface area contributed by atoms with Gasteiger partial charge in [-0.2, -0.15) is 0 Å². The number of aliphatic hydroxyl groups is 1. The molecule has 1 aromatic heterocycles. The molecule has 2 amide bonds. The number of aromatic nitrogens is 1. The summed E-state index contributed by atoms with van der Waals surface area (Å²) in [6.45, 7) is 3.95. The van der Waals surface area contributed by atoms with E-state index in [1.807, 2.05) is 42.2 Å². The number of pyridine rings is 1. The fourth-order valence-corrected chi connectivity index (χ4v) is 5.19. The Hall–Kier alpha value is -3.89. The lowest BCUT2D eigenvalue weighted by molar-refractivity contribution is -0.125. The first kappa shape index (κ1) is 29.1. The van der Waals surface area contributed by atoms with E-state index in [-0.39, 0.29) is 42.4 Å². The number of hydrogen-bond acceptors (Lipinski definition) is 7. The molecule has 1 aliphatic heterocycles. The van der Waals surface area contributed by atoms with Crippen LogP contribution >= 0.6 is 0 Å². The van der Waals surface area contributed by atoms with E-state index in [1.165, 1.54) is 6.07 Å². The van der Waals surface area contributed by atoms with Crippen molar-refractivity contribution >= 4 is 22.9 Å². The number of fused-ring (bicyclic) bond motifs is 1. The van der Waals surface area contributed by atoms with Gasteiger partial charge in [-0.25, -0.2) is 4.79 Å². The molecular formula is C30H38N4O6. The second-order valence-corrected chi connectivity index (χ2v) is 10.3. The van der Waals surface area contributed by atoms with E-state index in [4.69, 9.17) is 9.84 Å². The first-order chi connectivity index (χ1) is 19.4. The third-order valence-electron chi connectivity index (χ3n) is 7.48. The van der Waals surface area contributed by atoms with Crippen LogP contribution < -0.4 is 16.2 Å². The molecule has 0 saturated carbocycles. The number of phenols is 1. The smallest absolute Gasteiger partial charge is 0.407 e. The van der Waals surface area contributed by atoms with Crippen LogP contribution in [0.5, 0.6) is 5.75 Å². The van der Waals surface area contributed by atoms with Crippen molar-refractivity contribution in [1.29, 1.82) is 0 Å². The first-order valence-electron chi connectivity index (χ1n) is 13.8. The number of carbonyl (C=O) groups excluding carboxylic acids is 2. The molecule has 40 heavy (non-hydrogen) atoms. The second-order valence-electron chi connectivity index (χ2n) is 10.3. The number of nitrogens with zero attached hydrogens (tertiary/aromatic N) is 2. The summed E-state index contributed by atoms with van der Waals surface area (Å²) in [5, 5.41) is 25.8. The summed E-state index contributed by atoms with van der Waals surface area (Å²) in [6.07, 6.45) is 1.32. The predicted octanol–water partition coefficient (Wildman–Crippen LogP) is 2.60. The Balaban J connectivity index is 1.42. The van der Waals surface area contributed by atoms with E-state index < -0.39 is 12.1 Å². The predicted molar refractivity (Wildman–Crippen MR) is 152 cm³/mol. The van der Waals surface area contributed by atoms with Crippen molar-refractivity contribution in [3.05, 3.63) is 76.6 Å². The lowest BCUT2D eigenvalue weighted by Crippen LogP contribution is -2.45. The van der Waals surface area contributed by atoms with Gasteiger partial charge in [0.15, 0.2) is 0 Å². The third kappa shape index (κ3) is 7.61. The topological polar surface area (TPSA) is 133 Å². The summed E-state index contributed by atoms with van der Waals surface area (Å²) in [4.78, 5) is 40.4. The molecule has 0 spiro atoms. The van der Waals surface area contributed by atoms with Crippen molar-refractivity contribution in [3.63, 3.8) is 0 Å². The average molecular weight is 551 g/mol. The third-order valence-corrected chi connectivity index (χ3v) is 7.48. The summed E-state index contributed by atoms with van der Waals surface area (Å²) < 4.78 is 7.00. The molecule has 4 N–H and O–H groups in total. The molecule has 2 aromatic carbocycles. The Kier molecular flexibility index (Phi) is 10.2. The average Bonchev–Trinajstić information content (AvgIpc) is 3.39. The molecule has 10 heteroatoms. The fourth-order valence-electron chi connectivity index (χ4n) is 5.19. The number of amides is 2. The zero-order chi connectivity index (χ0) is 28.5. The van der Waals surface area contributed by atoms with Gasteiger partial charge in [0, 0.05) is 51.0 Å². The Labute approximate surface area is 233 Å². The van der Waals surface area contributed by atoms with Crippen LogP contribution in [0.4, 0.5) is 4.79 Å². The number of alkyl carbamates (subject to hydrolysis) is 1. The summed E-state index contributed by atoms with van der Waals surface area (Å²) in [5.74, 6) is -0.0415. The number of benzene rings is 2. The van der Waals surface area contributed by atoms with Crippen molar-refractivity contribution in [2.45, 2.75) is 51.4 Å². The van der Waals surface area contributed by atoms with Gasteiger partial charge in [-0.1, -0.05) is 30.3 Å². The normalized spacial score (nSPS) is 17.9. The van der Waals surface area contributed by atoms with Crippen molar-refractivity contribution in [3.8, 4) is 5.75 Å². The van der Waals surface area contributed by atoms with Gasteiger partial charge < -0.3 is 30.2 Å². The molecule has 214 valence electrons. The van der Waals surface area contributed by atoms with E-state index in [0.717, 1.165) is 10.9 Å². The number of carbonyl (C=O) groups is 2. The van der Waals surface area contributed by atoms with Crippen LogP contribution in [0.2, 0.25) is 0 Å². The summed E-state index contributed by atoms with van der Waals surface area (Å²) in [5.41, 5.74) is 1.34. The Morgan fingerprint density at radius 2 is 1.85 bits per heavy atom. The fraction of sp³-hybridized carbons (Fsp3) is 0.433. The Bertz CT molecular complexity index is 1350. The minimum atomic E-state index is -0.512. The van der Waals surface area contributed by atoms with Gasteiger partial charge >= 0.3 is 6.09 Å². The minimum absolute atomic E-state index is 0.00856. The highest BCUT2D eigenvalue weighted by Crippen LogP contribution is 2.27. The van der Waals surface area contributed by atoms with E-state index in [2.05, 4.69) is 10.6 Å². The van der Waals surface area contributed by atoms with E-state index in [0.29, 0.717) is 51.0 Å². The zero-order valence-corrected chi connectivity index (χ0v) is 22.8. The highest BCUT2D eigenvalue weighted by molar-refractivity contribution is 5.82. The monoisotopic (exact) mass is 550 g/mol. The number of aliphatic hydroxyl groups excluding tert-OH is 1.